The number of rotatable bonds is 3. The first-order valence-corrected chi connectivity index (χ1v) is 7.38. The maximum absolute atomic E-state index is 11.8. The topological polar surface area (TPSA) is 71.3 Å². The first-order chi connectivity index (χ1) is 10.3. The minimum absolute atomic E-state index is 0.0357. The Morgan fingerprint density at radius 3 is 3.05 bits per heavy atom. The van der Waals surface area contributed by atoms with Crippen LogP contribution in [-0.4, -0.2) is 33.6 Å². The molecule has 1 fully saturated rings. The summed E-state index contributed by atoms with van der Waals surface area (Å²) < 4.78 is 1.82. The molecule has 2 aliphatic rings. The van der Waals surface area contributed by atoms with E-state index in [2.05, 4.69) is 26.8 Å². The highest BCUT2D eigenvalue weighted by Crippen LogP contribution is 2.30. The molecule has 4 rings (SSSR count). The van der Waals surface area contributed by atoms with E-state index in [0.29, 0.717) is 5.95 Å². The van der Waals surface area contributed by atoms with Gasteiger partial charge in [-0.25, -0.2) is 4.52 Å². The van der Waals surface area contributed by atoms with Crippen LogP contribution in [-0.2, 0) is 4.79 Å². The lowest BCUT2D eigenvalue weighted by Gasteiger charge is -2.14. The molecule has 21 heavy (non-hydrogen) atoms. The summed E-state index contributed by atoms with van der Waals surface area (Å²) in [5, 5.41) is 10.6. The van der Waals surface area contributed by atoms with Gasteiger partial charge in [0.2, 0.25) is 11.9 Å². The molecule has 6 heteroatoms. The van der Waals surface area contributed by atoms with E-state index in [-0.39, 0.29) is 11.8 Å². The number of hydrogen-bond acceptors (Lipinski definition) is 4. The van der Waals surface area contributed by atoms with E-state index in [1.165, 1.54) is 5.57 Å². The summed E-state index contributed by atoms with van der Waals surface area (Å²) >= 11 is 0. The number of nitrogens with zero attached hydrogens (tertiary/aromatic N) is 3. The Labute approximate surface area is 122 Å². The van der Waals surface area contributed by atoms with Gasteiger partial charge in [-0.1, -0.05) is 12.1 Å². The Kier molecular flexibility index (Phi) is 2.96. The molecule has 2 N–H and O–H groups in total. The molecule has 1 aliphatic carbocycles. The third-order valence-electron chi connectivity index (χ3n) is 3.94. The normalized spacial score (nSPS) is 18.6. The van der Waals surface area contributed by atoms with Gasteiger partial charge in [0.05, 0.1) is 5.69 Å². The number of fused-ring (bicyclic) bond motifs is 1. The summed E-state index contributed by atoms with van der Waals surface area (Å²) in [4.78, 5) is 16.2. The molecule has 108 valence electrons. The molecule has 0 saturated heterocycles. The number of carbonyl (C=O) groups excluding carboxylic acids is 1. The van der Waals surface area contributed by atoms with Crippen LogP contribution in [0, 0.1) is 5.92 Å². The van der Waals surface area contributed by atoms with E-state index in [1.807, 2.05) is 22.7 Å². The number of nitrogens with one attached hydrogen (secondary N) is 2. The molecule has 1 saturated carbocycles. The van der Waals surface area contributed by atoms with Crippen molar-refractivity contribution in [3.63, 3.8) is 0 Å². The number of pyridine rings is 1. The highest BCUT2D eigenvalue weighted by molar-refractivity contribution is 5.92. The van der Waals surface area contributed by atoms with E-state index in [1.54, 1.807) is 0 Å². The standard InChI is InChI=1S/C15H17N5O/c21-14(11-4-5-11)18-15-17-13-3-1-2-12(20(13)19-15)10-6-8-16-9-7-10/h1-3,6,11,16H,4-5,7-9H2,(H,18,19,21). The molecule has 2 aromatic rings. The van der Waals surface area contributed by atoms with Crippen LogP contribution in [0.4, 0.5) is 5.95 Å². The zero-order valence-electron chi connectivity index (χ0n) is 11.7. The molecular weight excluding hydrogens is 266 g/mol. The zero-order valence-corrected chi connectivity index (χ0v) is 11.7. The van der Waals surface area contributed by atoms with Crippen LogP contribution in [0.25, 0.3) is 11.2 Å². The van der Waals surface area contributed by atoms with Crippen molar-refractivity contribution in [2.45, 2.75) is 19.3 Å². The quantitative estimate of drug-likeness (QED) is 0.894. The third-order valence-corrected chi connectivity index (χ3v) is 3.94. The second-order valence-corrected chi connectivity index (χ2v) is 5.56. The Morgan fingerprint density at radius 1 is 1.38 bits per heavy atom. The predicted octanol–water partition coefficient (Wildman–Crippen LogP) is 1.45. The van der Waals surface area contributed by atoms with Crippen molar-refractivity contribution < 1.29 is 4.79 Å². The minimum Gasteiger partial charge on any atom is -0.313 e. The number of hydrogen-bond donors (Lipinski definition) is 2. The minimum atomic E-state index is 0.0357. The summed E-state index contributed by atoms with van der Waals surface area (Å²) in [7, 11) is 0. The van der Waals surface area contributed by atoms with Crippen LogP contribution in [0.3, 0.4) is 0 Å². The monoisotopic (exact) mass is 283 g/mol. The SMILES string of the molecule is O=C(Nc1nc2cccc(C3=CCNCC3)n2n1)C1CC1. The molecule has 2 aromatic heterocycles. The fourth-order valence-electron chi connectivity index (χ4n) is 2.61. The lowest BCUT2D eigenvalue weighted by atomic mass is 10.1. The molecular formula is C15H17N5O. The first kappa shape index (κ1) is 12.5. The maximum atomic E-state index is 11.8. The summed E-state index contributed by atoms with van der Waals surface area (Å²) in [6, 6.07) is 5.94. The fourth-order valence-corrected chi connectivity index (χ4v) is 2.61. The lowest BCUT2D eigenvalue weighted by Crippen LogP contribution is -2.20. The van der Waals surface area contributed by atoms with E-state index in [4.69, 9.17) is 0 Å². The molecule has 0 unspecified atom stereocenters. The van der Waals surface area contributed by atoms with Crippen molar-refractivity contribution in [1.29, 1.82) is 0 Å². The second kappa shape index (κ2) is 4.96. The Morgan fingerprint density at radius 2 is 2.29 bits per heavy atom. The molecule has 1 amide bonds. The fraction of sp³-hybridized carbons (Fsp3) is 0.400. The predicted molar refractivity (Wildman–Crippen MR) is 79.8 cm³/mol. The molecule has 0 atom stereocenters. The van der Waals surface area contributed by atoms with Crippen LogP contribution in [0.2, 0.25) is 0 Å². The van der Waals surface area contributed by atoms with Gasteiger partial charge in [-0.2, -0.15) is 4.98 Å². The van der Waals surface area contributed by atoms with Crippen LogP contribution in [0.5, 0.6) is 0 Å². The van der Waals surface area contributed by atoms with Gasteiger partial charge < -0.3 is 5.32 Å². The van der Waals surface area contributed by atoms with E-state index in [0.717, 1.165) is 43.7 Å². The van der Waals surface area contributed by atoms with E-state index < -0.39 is 0 Å². The summed E-state index contributed by atoms with van der Waals surface area (Å²) in [6.07, 6.45) is 5.11. The highest BCUT2D eigenvalue weighted by atomic mass is 16.2. The van der Waals surface area contributed by atoms with Crippen molar-refractivity contribution in [2.75, 3.05) is 18.4 Å². The smallest absolute Gasteiger partial charge is 0.249 e. The van der Waals surface area contributed by atoms with E-state index in [9.17, 15) is 4.79 Å². The van der Waals surface area contributed by atoms with Gasteiger partial charge in [0.15, 0.2) is 5.65 Å². The van der Waals surface area contributed by atoms with Gasteiger partial charge in [-0.15, -0.1) is 5.10 Å². The number of amides is 1. The third kappa shape index (κ3) is 2.42. The van der Waals surface area contributed by atoms with Crippen molar-refractivity contribution in [3.05, 3.63) is 30.0 Å². The molecule has 0 radical (unpaired) electrons. The van der Waals surface area contributed by atoms with Gasteiger partial charge >= 0.3 is 0 Å². The van der Waals surface area contributed by atoms with Gasteiger partial charge in [0, 0.05) is 12.5 Å². The van der Waals surface area contributed by atoms with Crippen LogP contribution < -0.4 is 10.6 Å². The highest BCUT2D eigenvalue weighted by Gasteiger charge is 2.30. The maximum Gasteiger partial charge on any atom is 0.249 e. The largest absolute Gasteiger partial charge is 0.313 e. The molecule has 1 aliphatic heterocycles. The first-order valence-electron chi connectivity index (χ1n) is 7.38. The Hall–Kier alpha value is -2.21. The Bertz CT molecular complexity index is 729. The van der Waals surface area contributed by atoms with Gasteiger partial charge in [-0.05, 0) is 43.5 Å². The molecule has 0 spiro atoms. The Balaban J connectivity index is 1.69. The van der Waals surface area contributed by atoms with Crippen LogP contribution >= 0.6 is 0 Å². The number of carbonyl (C=O) groups is 1. The summed E-state index contributed by atoms with van der Waals surface area (Å²) in [6.45, 7) is 1.86. The average molecular weight is 283 g/mol. The van der Waals surface area contributed by atoms with Crippen molar-refractivity contribution in [3.8, 4) is 0 Å². The van der Waals surface area contributed by atoms with Crippen molar-refractivity contribution in [1.82, 2.24) is 19.9 Å². The van der Waals surface area contributed by atoms with Crippen molar-refractivity contribution in [2.24, 2.45) is 5.92 Å². The molecule has 0 aromatic carbocycles. The second-order valence-electron chi connectivity index (χ2n) is 5.56. The molecule has 3 heterocycles. The van der Waals surface area contributed by atoms with E-state index >= 15 is 0 Å². The number of aromatic nitrogens is 3. The summed E-state index contributed by atoms with van der Waals surface area (Å²) in [5.41, 5.74) is 3.08. The summed E-state index contributed by atoms with van der Waals surface area (Å²) in [5.74, 6) is 0.589. The van der Waals surface area contributed by atoms with Gasteiger partial charge in [-0.3, -0.25) is 10.1 Å². The number of anilines is 1. The van der Waals surface area contributed by atoms with Crippen LogP contribution in [0.15, 0.2) is 24.3 Å². The molecule has 0 bridgehead atoms. The average Bonchev–Trinajstić information content (AvgIpc) is 3.28. The lowest BCUT2D eigenvalue weighted by molar-refractivity contribution is -0.117. The van der Waals surface area contributed by atoms with Gasteiger partial charge in [0.1, 0.15) is 0 Å². The molecule has 6 nitrogen and oxygen atoms in total. The zero-order chi connectivity index (χ0) is 14.2. The van der Waals surface area contributed by atoms with Crippen LogP contribution in [0.1, 0.15) is 25.0 Å². The van der Waals surface area contributed by atoms with Gasteiger partial charge in [0.25, 0.3) is 0 Å². The van der Waals surface area contributed by atoms with Crippen molar-refractivity contribution >= 4 is 23.1 Å².